The third kappa shape index (κ3) is 6.87. The zero-order valence-corrected chi connectivity index (χ0v) is 21.1. The largest absolute Gasteiger partial charge is 1.00 e. The number of benzene rings is 1. The van der Waals surface area contributed by atoms with Crippen molar-refractivity contribution in [2.24, 2.45) is 0 Å². The van der Waals surface area contributed by atoms with Crippen LogP contribution in [0.25, 0.3) is 5.69 Å². The summed E-state index contributed by atoms with van der Waals surface area (Å²) in [5.74, 6) is -1.54. The number of hydrogen-bond acceptors (Lipinski definition) is 6. The van der Waals surface area contributed by atoms with E-state index in [0.717, 1.165) is 11.3 Å². The average molecular weight is 523 g/mol. The molecule has 12 heteroatoms. The summed E-state index contributed by atoms with van der Waals surface area (Å²) in [7, 11) is 0. The number of nitrogens with one attached hydrogen (secondary N) is 2. The molecule has 0 aliphatic carbocycles. The third-order valence-electron chi connectivity index (χ3n) is 5.69. The Morgan fingerprint density at radius 2 is 1.86 bits per heavy atom. The minimum Gasteiger partial charge on any atom is -1.00 e. The molecule has 0 bridgehead atoms. The van der Waals surface area contributed by atoms with E-state index in [-0.39, 0.29) is 56.7 Å². The minimum absolute atomic E-state index is 0. The zero-order valence-electron chi connectivity index (χ0n) is 20.5. The summed E-state index contributed by atoms with van der Waals surface area (Å²) in [6.45, 7) is 0.534. The van der Waals surface area contributed by atoms with Gasteiger partial charge in [0.05, 0.1) is 21.7 Å². The van der Waals surface area contributed by atoms with Crippen LogP contribution in [0.1, 0.15) is 23.9 Å². The minimum atomic E-state index is -0.961. The van der Waals surface area contributed by atoms with Gasteiger partial charge in [0.2, 0.25) is 5.91 Å². The maximum atomic E-state index is 13.1. The number of carboxylic acids is 1. The number of aliphatic carboxylic acids is 1. The van der Waals surface area contributed by atoms with Gasteiger partial charge in [-0.15, -0.1) is 11.3 Å². The van der Waals surface area contributed by atoms with Crippen molar-refractivity contribution in [3.8, 4) is 5.69 Å². The predicted molar refractivity (Wildman–Crippen MR) is 135 cm³/mol. The van der Waals surface area contributed by atoms with Crippen molar-refractivity contribution in [1.29, 1.82) is 0 Å². The van der Waals surface area contributed by atoms with Crippen LogP contribution in [0.15, 0.2) is 65.6 Å². The number of likely N-dealkylation sites (tertiary alicyclic amines) is 1. The van der Waals surface area contributed by atoms with Gasteiger partial charge in [-0.3, -0.25) is 28.6 Å². The molecule has 2 aromatic heterocycles. The van der Waals surface area contributed by atoms with Gasteiger partial charge >= 0.3 is 24.8 Å². The van der Waals surface area contributed by atoms with Gasteiger partial charge in [0.25, 0.3) is 11.5 Å². The van der Waals surface area contributed by atoms with Crippen molar-refractivity contribution in [3.05, 3.63) is 80.4 Å². The number of carbonyl (C=O) groups is 3. The van der Waals surface area contributed by atoms with E-state index in [1.807, 2.05) is 0 Å². The number of aromatic nitrogens is 1. The second-order valence-corrected chi connectivity index (χ2v) is 9.82. The molecule has 3 heterocycles. The van der Waals surface area contributed by atoms with Crippen molar-refractivity contribution in [1.82, 2.24) is 14.8 Å². The molecule has 36 heavy (non-hydrogen) atoms. The van der Waals surface area contributed by atoms with Gasteiger partial charge in [0.15, 0.2) is 0 Å². The molecule has 1 fully saturated rings. The summed E-state index contributed by atoms with van der Waals surface area (Å²) in [4.78, 5) is 51.0. The molecule has 2 amide bonds. The molecule has 1 aliphatic heterocycles. The number of amides is 2. The second kappa shape index (κ2) is 12.4. The van der Waals surface area contributed by atoms with Gasteiger partial charge in [0.1, 0.15) is 0 Å². The average Bonchev–Trinajstić information content (AvgIpc) is 3.45. The van der Waals surface area contributed by atoms with Gasteiger partial charge in [0, 0.05) is 42.8 Å². The number of carbonyl (C=O) groups excluding carboxylic acids is 2. The van der Waals surface area contributed by atoms with Crippen LogP contribution < -0.4 is 35.1 Å². The van der Waals surface area contributed by atoms with Crippen LogP contribution in [0.2, 0.25) is 4.34 Å². The van der Waals surface area contributed by atoms with Crippen molar-refractivity contribution in [3.63, 3.8) is 0 Å². The Bertz CT molecular complexity index is 1300. The van der Waals surface area contributed by atoms with Crippen molar-refractivity contribution in [2.75, 3.05) is 18.4 Å². The smallest absolute Gasteiger partial charge is 1.00 e. The monoisotopic (exact) mass is 522 g/mol. The first-order chi connectivity index (χ1) is 16.8. The fraction of sp³-hybridized carbons (Fsp3) is 0.250. The van der Waals surface area contributed by atoms with Crippen LogP contribution in [0, 0.1) is 0 Å². The van der Waals surface area contributed by atoms with E-state index in [1.54, 1.807) is 59.6 Å². The number of nitrogens with zero attached hydrogens (tertiary/aromatic N) is 2. The number of thiophene rings is 1. The summed E-state index contributed by atoms with van der Waals surface area (Å²) >= 11 is 7.08. The standard InChI is InChI=1S/C24H23ClN4O5S.Li.H/c25-20-9-8-19(35-20)24(34)27-16-13-18(28(14-16)12-10-22(31)32)23(33)26-15-4-6-17(7-5-15)29-11-2-1-3-21(29)30;;/h1-9,11,16,18H,10,12-14H2,(H,26,33)(H,27,34)(H,31,32);;/q;+1;-1. The summed E-state index contributed by atoms with van der Waals surface area (Å²) in [5, 5.41) is 14.9. The summed E-state index contributed by atoms with van der Waals surface area (Å²) in [6, 6.07) is 14.1. The number of hydrogen-bond donors (Lipinski definition) is 3. The van der Waals surface area contributed by atoms with Crippen LogP contribution in [0.4, 0.5) is 5.69 Å². The molecule has 184 valence electrons. The zero-order chi connectivity index (χ0) is 24.9. The Labute approximate surface area is 229 Å². The number of halogens is 1. The molecule has 2 atom stereocenters. The molecule has 1 saturated heterocycles. The van der Waals surface area contributed by atoms with E-state index in [4.69, 9.17) is 16.7 Å². The molecule has 0 saturated carbocycles. The molecule has 0 radical (unpaired) electrons. The number of carboxylic acid groups (broad SMARTS) is 1. The molecule has 1 aliphatic rings. The number of anilines is 1. The fourth-order valence-corrected chi connectivity index (χ4v) is 4.98. The molecular formula is C24H24ClLiN4O5S. The van der Waals surface area contributed by atoms with Crippen molar-refractivity contribution >= 4 is 46.4 Å². The topological polar surface area (TPSA) is 121 Å². The van der Waals surface area contributed by atoms with Gasteiger partial charge in [-0.05, 0) is 48.9 Å². The van der Waals surface area contributed by atoms with Crippen molar-refractivity contribution in [2.45, 2.75) is 24.9 Å². The molecular weight excluding hydrogens is 499 g/mol. The van der Waals surface area contributed by atoms with Gasteiger partial charge < -0.3 is 17.2 Å². The normalized spacial score (nSPS) is 17.2. The van der Waals surface area contributed by atoms with E-state index in [1.165, 1.54) is 10.6 Å². The Hall–Kier alpha value is -2.87. The van der Waals surface area contributed by atoms with Crippen LogP contribution in [0.3, 0.4) is 0 Å². The van der Waals surface area contributed by atoms with Gasteiger partial charge in [-0.2, -0.15) is 0 Å². The third-order valence-corrected chi connectivity index (χ3v) is 6.92. The first-order valence-electron chi connectivity index (χ1n) is 10.9. The van der Waals surface area contributed by atoms with Gasteiger partial charge in [-0.1, -0.05) is 17.7 Å². The fourth-order valence-electron chi connectivity index (χ4n) is 4.03. The van der Waals surface area contributed by atoms with E-state index in [9.17, 15) is 19.2 Å². The summed E-state index contributed by atoms with van der Waals surface area (Å²) in [6.07, 6.45) is 1.88. The van der Waals surface area contributed by atoms with E-state index in [2.05, 4.69) is 10.6 Å². The molecule has 9 nitrogen and oxygen atoms in total. The Morgan fingerprint density at radius 3 is 2.50 bits per heavy atom. The Balaban J connectivity index is 0.00000241. The molecule has 2 unspecified atom stereocenters. The summed E-state index contributed by atoms with van der Waals surface area (Å²) < 4.78 is 2.00. The van der Waals surface area contributed by atoms with E-state index < -0.39 is 12.0 Å². The molecule has 3 N–H and O–H groups in total. The Morgan fingerprint density at radius 1 is 1.11 bits per heavy atom. The van der Waals surface area contributed by atoms with Crippen LogP contribution in [0.5, 0.6) is 0 Å². The first kappa shape index (κ1) is 27.7. The van der Waals surface area contributed by atoms with Crippen LogP contribution >= 0.6 is 22.9 Å². The van der Waals surface area contributed by atoms with Crippen LogP contribution in [-0.4, -0.2) is 57.5 Å². The quantitative estimate of drug-likeness (QED) is 0.357. The first-order valence-corrected chi connectivity index (χ1v) is 12.1. The SMILES string of the molecule is O=C(O)CCN1CC(NC(=O)c2ccc(Cl)s2)CC1C(=O)Nc1ccc(-n2ccccc2=O)cc1.[H-].[Li+]. The second-order valence-electron chi connectivity index (χ2n) is 8.11. The predicted octanol–water partition coefficient (Wildman–Crippen LogP) is -0.0450. The maximum absolute atomic E-state index is 13.1. The van der Waals surface area contributed by atoms with Crippen LogP contribution in [-0.2, 0) is 9.59 Å². The molecule has 0 spiro atoms. The van der Waals surface area contributed by atoms with E-state index in [0.29, 0.717) is 33.6 Å². The number of pyridine rings is 1. The molecule has 1 aromatic carbocycles. The van der Waals surface area contributed by atoms with Crippen molar-refractivity contribution < 1.29 is 39.8 Å². The van der Waals surface area contributed by atoms with E-state index >= 15 is 0 Å². The molecule has 4 rings (SSSR count). The number of rotatable bonds is 8. The Kier molecular flexibility index (Phi) is 9.54. The maximum Gasteiger partial charge on any atom is 1.00 e. The van der Waals surface area contributed by atoms with Gasteiger partial charge in [-0.25, -0.2) is 0 Å². The summed E-state index contributed by atoms with van der Waals surface area (Å²) in [5.41, 5.74) is 1.04. The molecule has 3 aromatic rings.